The molecule has 0 aliphatic heterocycles. The van der Waals surface area contributed by atoms with Gasteiger partial charge in [0.25, 0.3) is 23.1 Å². The van der Waals surface area contributed by atoms with Crippen molar-refractivity contribution >= 4 is 34.5 Å². The molecule has 0 spiro atoms. The molecule has 0 aliphatic rings. The summed E-state index contributed by atoms with van der Waals surface area (Å²) in [7, 11) is 1.23. The number of phenolic OH excluding ortho intramolecular Hbond substituents is 1. The van der Waals surface area contributed by atoms with Gasteiger partial charge >= 0.3 is 0 Å². The SMILES string of the molecule is COc1cc([N+](=O)[O-])cc(C=NNC(=O)[C@H](NC(=O)c2ccccc2)c2n[nH]c(=O)c3ccccc23)c1O. The maximum Gasteiger partial charge on any atom is 0.274 e. The number of carbonyl (C=O) groups excluding carboxylic acids is 2. The number of aromatic nitrogens is 2. The summed E-state index contributed by atoms with van der Waals surface area (Å²) in [6.07, 6.45) is 0.983. The standard InChI is InChI=1S/C25H20N6O7/c1-38-19-12-16(31(36)37)11-15(22(19)32)13-26-29-25(35)21(27-23(33)14-7-3-2-4-8-14)20-17-9-5-6-10-18(17)24(34)30-28-20/h2-13,21,32H,1H3,(H,27,33)(H,29,35)(H,30,34)/t21-/m1/s1. The van der Waals surface area contributed by atoms with Crippen LogP contribution in [-0.2, 0) is 4.79 Å². The molecular formula is C25H20N6O7. The lowest BCUT2D eigenvalue weighted by molar-refractivity contribution is -0.385. The zero-order chi connectivity index (χ0) is 27.2. The van der Waals surface area contributed by atoms with Gasteiger partial charge in [0.15, 0.2) is 17.5 Å². The molecule has 4 rings (SSSR count). The Morgan fingerprint density at radius 1 is 1.13 bits per heavy atom. The molecule has 13 heteroatoms. The number of nitro groups is 1. The van der Waals surface area contributed by atoms with Gasteiger partial charge < -0.3 is 15.2 Å². The maximum absolute atomic E-state index is 13.2. The number of carbonyl (C=O) groups is 2. The first-order chi connectivity index (χ1) is 18.3. The molecule has 0 saturated heterocycles. The Bertz CT molecular complexity index is 1620. The fraction of sp³-hybridized carbons (Fsp3) is 0.0800. The second kappa shape index (κ2) is 11.0. The molecule has 0 bridgehead atoms. The van der Waals surface area contributed by atoms with Gasteiger partial charge in [-0.05, 0) is 18.2 Å². The number of methoxy groups -OCH3 is 1. The number of fused-ring (bicyclic) bond motifs is 1. The number of amides is 2. The minimum Gasteiger partial charge on any atom is -0.504 e. The Balaban J connectivity index is 1.69. The molecule has 192 valence electrons. The van der Waals surface area contributed by atoms with Crippen LogP contribution in [-0.4, -0.2) is 45.4 Å². The van der Waals surface area contributed by atoms with E-state index in [9.17, 15) is 29.6 Å². The number of nitrogens with one attached hydrogen (secondary N) is 3. The Morgan fingerprint density at radius 2 is 1.82 bits per heavy atom. The van der Waals surface area contributed by atoms with Crippen LogP contribution in [0.5, 0.6) is 11.5 Å². The van der Waals surface area contributed by atoms with Crippen molar-refractivity contribution in [3.63, 3.8) is 0 Å². The molecule has 1 atom stereocenters. The van der Waals surface area contributed by atoms with E-state index in [2.05, 4.69) is 26.0 Å². The predicted molar refractivity (Wildman–Crippen MR) is 136 cm³/mol. The van der Waals surface area contributed by atoms with E-state index in [0.29, 0.717) is 5.39 Å². The second-order valence-corrected chi connectivity index (χ2v) is 7.83. The molecular weight excluding hydrogens is 496 g/mol. The van der Waals surface area contributed by atoms with Gasteiger partial charge in [-0.2, -0.15) is 10.2 Å². The summed E-state index contributed by atoms with van der Waals surface area (Å²) in [5, 5.41) is 34.8. The molecule has 3 aromatic carbocycles. The summed E-state index contributed by atoms with van der Waals surface area (Å²) in [5.74, 6) is -2.03. The number of hydrazone groups is 1. The first-order valence-electron chi connectivity index (χ1n) is 11.0. The number of benzene rings is 3. The topological polar surface area (TPSA) is 189 Å². The van der Waals surface area contributed by atoms with E-state index in [1.54, 1.807) is 54.6 Å². The molecule has 2 amide bonds. The average molecular weight is 516 g/mol. The van der Waals surface area contributed by atoms with Crippen molar-refractivity contribution in [3.05, 3.63) is 104 Å². The number of ether oxygens (including phenoxy) is 1. The van der Waals surface area contributed by atoms with Gasteiger partial charge in [-0.3, -0.25) is 24.5 Å². The lowest BCUT2D eigenvalue weighted by atomic mass is 10.0. The van der Waals surface area contributed by atoms with Crippen LogP contribution in [0.2, 0.25) is 0 Å². The monoisotopic (exact) mass is 516 g/mol. The molecule has 0 saturated carbocycles. The fourth-order valence-electron chi connectivity index (χ4n) is 3.62. The molecule has 0 fully saturated rings. The van der Waals surface area contributed by atoms with Gasteiger partial charge in [0, 0.05) is 22.6 Å². The van der Waals surface area contributed by atoms with Crippen molar-refractivity contribution in [3.8, 4) is 11.5 Å². The van der Waals surface area contributed by atoms with Gasteiger partial charge in [0.1, 0.15) is 5.69 Å². The van der Waals surface area contributed by atoms with Crippen molar-refractivity contribution in [1.82, 2.24) is 20.9 Å². The third-order valence-corrected chi connectivity index (χ3v) is 5.47. The number of hydrogen-bond acceptors (Lipinski definition) is 9. The Kier molecular flexibility index (Phi) is 7.38. The molecule has 4 N–H and O–H groups in total. The van der Waals surface area contributed by atoms with Gasteiger partial charge in [-0.15, -0.1) is 0 Å². The van der Waals surface area contributed by atoms with Gasteiger partial charge in [-0.1, -0.05) is 36.4 Å². The minimum atomic E-state index is -1.41. The number of phenols is 1. The lowest BCUT2D eigenvalue weighted by Crippen LogP contribution is -2.40. The second-order valence-electron chi connectivity index (χ2n) is 7.83. The number of nitrogens with zero attached hydrogens (tertiary/aromatic N) is 3. The molecule has 13 nitrogen and oxygen atoms in total. The smallest absolute Gasteiger partial charge is 0.274 e. The predicted octanol–water partition coefficient (Wildman–Crippen LogP) is 2.17. The summed E-state index contributed by atoms with van der Waals surface area (Å²) in [6, 6.07) is 15.2. The van der Waals surface area contributed by atoms with Crippen LogP contribution < -0.4 is 21.0 Å². The van der Waals surface area contributed by atoms with E-state index in [4.69, 9.17) is 4.74 Å². The number of aromatic hydroxyl groups is 1. The highest BCUT2D eigenvalue weighted by molar-refractivity contribution is 5.99. The van der Waals surface area contributed by atoms with Crippen LogP contribution in [0, 0.1) is 10.1 Å². The Labute approximate surface area is 213 Å². The average Bonchev–Trinajstić information content (AvgIpc) is 2.93. The van der Waals surface area contributed by atoms with E-state index in [0.717, 1.165) is 18.3 Å². The Hall–Kier alpha value is -5.59. The van der Waals surface area contributed by atoms with Crippen LogP contribution in [0.15, 0.2) is 76.6 Å². The first kappa shape index (κ1) is 25.5. The third-order valence-electron chi connectivity index (χ3n) is 5.47. The number of aromatic amines is 1. The summed E-state index contributed by atoms with van der Waals surface area (Å²) >= 11 is 0. The first-order valence-corrected chi connectivity index (χ1v) is 11.0. The molecule has 1 heterocycles. The number of H-pyrrole nitrogens is 1. The summed E-state index contributed by atoms with van der Waals surface area (Å²) in [5.41, 5.74) is 1.61. The highest BCUT2D eigenvalue weighted by Crippen LogP contribution is 2.33. The van der Waals surface area contributed by atoms with Gasteiger partial charge in [0.2, 0.25) is 0 Å². The van der Waals surface area contributed by atoms with Crippen molar-refractivity contribution in [2.75, 3.05) is 7.11 Å². The number of non-ortho nitro benzene ring substituents is 1. The fourth-order valence-corrected chi connectivity index (χ4v) is 3.62. The van der Waals surface area contributed by atoms with Crippen molar-refractivity contribution in [2.24, 2.45) is 5.10 Å². The van der Waals surface area contributed by atoms with Crippen molar-refractivity contribution < 1.29 is 24.4 Å². The van der Waals surface area contributed by atoms with Crippen LogP contribution in [0.3, 0.4) is 0 Å². The number of nitro benzene ring substituents is 1. The van der Waals surface area contributed by atoms with E-state index in [1.165, 1.54) is 7.11 Å². The zero-order valence-corrected chi connectivity index (χ0v) is 19.7. The lowest BCUT2D eigenvalue weighted by Gasteiger charge is -2.18. The zero-order valence-electron chi connectivity index (χ0n) is 19.7. The van der Waals surface area contributed by atoms with Crippen LogP contribution in [0.4, 0.5) is 5.69 Å². The molecule has 0 aliphatic carbocycles. The Morgan fingerprint density at radius 3 is 2.50 bits per heavy atom. The van der Waals surface area contributed by atoms with Gasteiger partial charge in [0.05, 0.1) is 29.7 Å². The largest absolute Gasteiger partial charge is 0.504 e. The minimum absolute atomic E-state index is 0.0528. The molecule has 4 aromatic rings. The normalized spacial score (nSPS) is 11.7. The van der Waals surface area contributed by atoms with E-state index in [-0.39, 0.29) is 33.6 Å². The van der Waals surface area contributed by atoms with Crippen LogP contribution >= 0.6 is 0 Å². The number of hydrogen-bond donors (Lipinski definition) is 4. The molecule has 0 radical (unpaired) electrons. The van der Waals surface area contributed by atoms with Crippen molar-refractivity contribution in [2.45, 2.75) is 6.04 Å². The highest BCUT2D eigenvalue weighted by Gasteiger charge is 2.27. The van der Waals surface area contributed by atoms with Crippen molar-refractivity contribution in [1.29, 1.82) is 0 Å². The molecule has 1 aromatic heterocycles. The summed E-state index contributed by atoms with van der Waals surface area (Å²) in [6.45, 7) is 0. The van der Waals surface area contributed by atoms with Crippen LogP contribution in [0.25, 0.3) is 10.8 Å². The quantitative estimate of drug-likeness (QED) is 0.156. The van der Waals surface area contributed by atoms with Gasteiger partial charge in [-0.25, -0.2) is 10.5 Å². The number of rotatable bonds is 8. The van der Waals surface area contributed by atoms with E-state index >= 15 is 0 Å². The highest BCUT2D eigenvalue weighted by atomic mass is 16.6. The molecule has 0 unspecified atom stereocenters. The summed E-state index contributed by atoms with van der Waals surface area (Å²) in [4.78, 5) is 48.9. The van der Waals surface area contributed by atoms with Crippen LogP contribution in [0.1, 0.15) is 27.7 Å². The summed E-state index contributed by atoms with van der Waals surface area (Å²) < 4.78 is 4.95. The maximum atomic E-state index is 13.2. The van der Waals surface area contributed by atoms with E-state index < -0.39 is 34.1 Å². The molecule has 38 heavy (non-hydrogen) atoms. The third kappa shape index (κ3) is 5.31. The van der Waals surface area contributed by atoms with E-state index in [1.807, 2.05) is 0 Å².